The lowest BCUT2D eigenvalue weighted by molar-refractivity contribution is -0.135. The number of fused-ring (bicyclic) bond motifs is 1. The largest absolute Gasteiger partial charge is 0.345 e. The Balaban J connectivity index is 1.45. The molecule has 1 atom stereocenters. The normalized spacial score (nSPS) is 21.7. The van der Waals surface area contributed by atoms with Crippen molar-refractivity contribution in [1.82, 2.24) is 23.5 Å². The summed E-state index contributed by atoms with van der Waals surface area (Å²) in [5.41, 5.74) is 0.504. The van der Waals surface area contributed by atoms with Gasteiger partial charge in [-0.25, -0.2) is 21.8 Å². The third kappa shape index (κ3) is 4.09. The SMILES string of the molecule is CCCS(=O)(=O)N1CCCC1C(=O)N1CCN(S(=O)(=O)c2c[nH]c3ncccc23)CC1. The van der Waals surface area contributed by atoms with E-state index in [1.165, 1.54) is 14.8 Å². The molecule has 0 saturated carbocycles. The van der Waals surface area contributed by atoms with Gasteiger partial charge in [-0.15, -0.1) is 0 Å². The Morgan fingerprint density at radius 2 is 1.90 bits per heavy atom. The number of carbonyl (C=O) groups is 1. The summed E-state index contributed by atoms with van der Waals surface area (Å²) in [6.07, 6.45) is 4.69. The molecule has 0 aliphatic carbocycles. The molecule has 1 N–H and O–H groups in total. The van der Waals surface area contributed by atoms with E-state index in [-0.39, 0.29) is 42.7 Å². The Bertz CT molecular complexity index is 1170. The summed E-state index contributed by atoms with van der Waals surface area (Å²) >= 11 is 0. The highest BCUT2D eigenvalue weighted by Gasteiger charge is 2.41. The number of amides is 1. The van der Waals surface area contributed by atoms with Crippen molar-refractivity contribution in [3.05, 3.63) is 24.5 Å². The van der Waals surface area contributed by atoms with Crippen LogP contribution < -0.4 is 0 Å². The number of sulfonamides is 2. The summed E-state index contributed by atoms with van der Waals surface area (Å²) in [7, 11) is -7.19. The molecule has 31 heavy (non-hydrogen) atoms. The number of nitrogens with zero attached hydrogens (tertiary/aromatic N) is 4. The number of aromatic amines is 1. The highest BCUT2D eigenvalue weighted by atomic mass is 32.2. The maximum Gasteiger partial charge on any atom is 0.245 e. The van der Waals surface area contributed by atoms with Crippen molar-refractivity contribution in [3.8, 4) is 0 Å². The zero-order valence-corrected chi connectivity index (χ0v) is 19.0. The molecule has 170 valence electrons. The number of carbonyl (C=O) groups excluding carboxylic acids is 1. The molecule has 2 fully saturated rings. The van der Waals surface area contributed by atoms with Gasteiger partial charge in [0.05, 0.1) is 5.75 Å². The van der Waals surface area contributed by atoms with Crippen LogP contribution in [-0.2, 0) is 24.8 Å². The molecule has 12 heteroatoms. The van der Waals surface area contributed by atoms with Gasteiger partial charge in [0.25, 0.3) is 0 Å². The van der Waals surface area contributed by atoms with Gasteiger partial charge in [0.15, 0.2) is 0 Å². The Labute approximate surface area is 182 Å². The topological polar surface area (TPSA) is 124 Å². The summed E-state index contributed by atoms with van der Waals surface area (Å²) in [5.74, 6) is -0.201. The average Bonchev–Trinajstić information content (AvgIpc) is 3.41. The quantitative estimate of drug-likeness (QED) is 0.661. The minimum Gasteiger partial charge on any atom is -0.345 e. The highest BCUT2D eigenvalue weighted by Crippen LogP contribution is 2.27. The molecule has 4 rings (SSSR count). The van der Waals surface area contributed by atoms with Gasteiger partial charge in [-0.05, 0) is 31.4 Å². The molecule has 4 heterocycles. The second-order valence-electron chi connectivity index (χ2n) is 7.87. The maximum absolute atomic E-state index is 13.1. The van der Waals surface area contributed by atoms with Crippen LogP contribution in [0.5, 0.6) is 0 Å². The average molecular weight is 470 g/mol. The third-order valence-corrected chi connectivity index (χ3v) is 9.90. The standard InChI is InChI=1S/C19H27N5O5S2/c1-2-13-30(26,27)24-8-4-6-16(24)19(25)22-9-11-23(12-10-22)31(28,29)17-14-21-18-15(17)5-3-7-20-18/h3,5,7,14,16H,2,4,6,8-13H2,1H3,(H,20,21). The predicted molar refractivity (Wildman–Crippen MR) is 115 cm³/mol. The molecule has 2 aromatic heterocycles. The van der Waals surface area contributed by atoms with E-state index in [1.54, 1.807) is 30.2 Å². The minimum atomic E-state index is -3.74. The smallest absolute Gasteiger partial charge is 0.245 e. The number of pyridine rings is 1. The van der Waals surface area contributed by atoms with Crippen LogP contribution in [0, 0.1) is 0 Å². The van der Waals surface area contributed by atoms with E-state index in [1.807, 2.05) is 0 Å². The summed E-state index contributed by atoms with van der Waals surface area (Å²) in [5, 5.41) is 0.531. The summed E-state index contributed by atoms with van der Waals surface area (Å²) < 4.78 is 54.0. The molecule has 2 aromatic rings. The molecule has 1 amide bonds. The van der Waals surface area contributed by atoms with Crippen LogP contribution in [-0.4, -0.2) is 90.7 Å². The van der Waals surface area contributed by atoms with Crippen LogP contribution in [0.3, 0.4) is 0 Å². The Morgan fingerprint density at radius 1 is 1.16 bits per heavy atom. The second-order valence-corrected chi connectivity index (χ2v) is 11.8. The van der Waals surface area contributed by atoms with Crippen LogP contribution in [0.2, 0.25) is 0 Å². The van der Waals surface area contributed by atoms with Gasteiger partial charge in [-0.2, -0.15) is 8.61 Å². The molecule has 2 aliphatic heterocycles. The van der Waals surface area contributed by atoms with E-state index in [4.69, 9.17) is 0 Å². The fourth-order valence-corrected chi connectivity index (χ4v) is 7.65. The Hall–Kier alpha value is -2.02. The van der Waals surface area contributed by atoms with Gasteiger partial charge in [0.1, 0.15) is 16.6 Å². The number of aromatic nitrogens is 2. The zero-order valence-electron chi connectivity index (χ0n) is 17.4. The van der Waals surface area contributed by atoms with Crippen LogP contribution in [0.15, 0.2) is 29.4 Å². The van der Waals surface area contributed by atoms with Gasteiger partial charge in [-0.3, -0.25) is 4.79 Å². The van der Waals surface area contributed by atoms with Crippen LogP contribution in [0.4, 0.5) is 0 Å². The first-order valence-corrected chi connectivity index (χ1v) is 13.5. The van der Waals surface area contributed by atoms with Crippen molar-refractivity contribution in [2.45, 2.75) is 37.1 Å². The first kappa shape index (κ1) is 22.2. The first-order chi connectivity index (χ1) is 14.8. The first-order valence-electron chi connectivity index (χ1n) is 10.5. The van der Waals surface area contributed by atoms with E-state index in [2.05, 4.69) is 9.97 Å². The van der Waals surface area contributed by atoms with Gasteiger partial charge in [0, 0.05) is 50.5 Å². The number of hydrogen-bond donors (Lipinski definition) is 1. The molecule has 10 nitrogen and oxygen atoms in total. The van der Waals surface area contributed by atoms with Crippen molar-refractivity contribution < 1.29 is 21.6 Å². The number of piperazine rings is 1. The van der Waals surface area contributed by atoms with Crippen LogP contribution >= 0.6 is 0 Å². The molecule has 2 aliphatic rings. The fourth-order valence-electron chi connectivity index (χ4n) is 4.34. The number of H-pyrrole nitrogens is 1. The molecular formula is C19H27N5O5S2. The van der Waals surface area contributed by atoms with Gasteiger partial charge in [0.2, 0.25) is 26.0 Å². The van der Waals surface area contributed by atoms with Crippen molar-refractivity contribution in [3.63, 3.8) is 0 Å². The second kappa shape index (κ2) is 8.49. The molecular weight excluding hydrogens is 442 g/mol. The molecule has 0 bridgehead atoms. The van der Waals surface area contributed by atoms with Crippen LogP contribution in [0.1, 0.15) is 26.2 Å². The molecule has 0 radical (unpaired) electrons. The van der Waals surface area contributed by atoms with E-state index >= 15 is 0 Å². The monoisotopic (exact) mass is 469 g/mol. The van der Waals surface area contributed by atoms with E-state index in [0.717, 1.165) is 0 Å². The van der Waals surface area contributed by atoms with Crippen molar-refractivity contribution in [2.24, 2.45) is 0 Å². The predicted octanol–water partition coefficient (Wildman–Crippen LogP) is 0.600. The van der Waals surface area contributed by atoms with Gasteiger partial charge in [-0.1, -0.05) is 6.92 Å². The van der Waals surface area contributed by atoms with Crippen LogP contribution in [0.25, 0.3) is 11.0 Å². The highest BCUT2D eigenvalue weighted by molar-refractivity contribution is 7.89. The van der Waals surface area contributed by atoms with Gasteiger partial charge < -0.3 is 9.88 Å². The van der Waals surface area contributed by atoms with E-state index in [0.29, 0.717) is 36.8 Å². The van der Waals surface area contributed by atoms with Crippen molar-refractivity contribution >= 4 is 37.0 Å². The summed E-state index contributed by atoms with van der Waals surface area (Å²) in [6.45, 7) is 2.95. The number of rotatable bonds is 6. The lowest BCUT2D eigenvalue weighted by Gasteiger charge is -2.36. The minimum absolute atomic E-state index is 0.0300. The summed E-state index contributed by atoms with van der Waals surface area (Å²) in [6, 6.07) is 2.71. The van der Waals surface area contributed by atoms with Crippen molar-refractivity contribution in [1.29, 1.82) is 0 Å². The van der Waals surface area contributed by atoms with Gasteiger partial charge >= 0.3 is 0 Å². The molecule has 0 aromatic carbocycles. The molecule has 0 spiro atoms. The number of nitrogens with one attached hydrogen (secondary N) is 1. The Morgan fingerprint density at radius 3 is 2.61 bits per heavy atom. The maximum atomic E-state index is 13.1. The van der Waals surface area contributed by atoms with Crippen molar-refractivity contribution in [2.75, 3.05) is 38.5 Å². The lowest BCUT2D eigenvalue weighted by Crippen LogP contribution is -2.55. The van der Waals surface area contributed by atoms with E-state index < -0.39 is 26.1 Å². The number of hydrogen-bond acceptors (Lipinski definition) is 6. The molecule has 2 saturated heterocycles. The third-order valence-electron chi connectivity index (χ3n) is 5.89. The Kier molecular flexibility index (Phi) is 6.08. The fraction of sp³-hybridized carbons (Fsp3) is 0.579. The molecule has 1 unspecified atom stereocenters. The van der Waals surface area contributed by atoms with E-state index in [9.17, 15) is 21.6 Å². The summed E-state index contributed by atoms with van der Waals surface area (Å²) in [4.78, 5) is 21.8. The zero-order chi connectivity index (χ0) is 22.2. The lowest BCUT2D eigenvalue weighted by atomic mass is 10.2.